The van der Waals surface area contributed by atoms with E-state index in [1.807, 2.05) is 71.2 Å². The van der Waals surface area contributed by atoms with E-state index in [1.165, 1.54) is 89.7 Å². The molecule has 6 heterocycles. The Morgan fingerprint density at radius 1 is 0.250 bits per heavy atom. The van der Waals surface area contributed by atoms with Gasteiger partial charge in [-0.2, -0.15) is 0 Å². The minimum Gasteiger partial charge on any atom is -0.309 e. The van der Waals surface area contributed by atoms with Crippen molar-refractivity contribution in [3.05, 3.63) is 338 Å². The van der Waals surface area contributed by atoms with E-state index in [4.69, 9.17) is 29.9 Å². The highest BCUT2D eigenvalue weighted by Gasteiger charge is 2.29. The molecule has 112 heavy (non-hydrogen) atoms. The number of para-hydroxylation sites is 1. The Morgan fingerprint density at radius 2 is 0.643 bits per heavy atom. The molecule has 0 saturated heterocycles. The highest BCUT2D eigenvalue weighted by Crippen LogP contribution is 2.48. The molecule has 0 N–H and O–H groups in total. The molecule has 0 bridgehead atoms. The fourth-order valence-electron chi connectivity index (χ4n) is 16.6. The van der Waals surface area contributed by atoms with Crippen LogP contribution in [0.25, 0.3) is 186 Å². The number of benzene rings is 14. The molecule has 0 fully saturated rings. The Hall–Kier alpha value is -12.9. The third-order valence-corrected chi connectivity index (χ3v) is 25.0. The molecular weight excluding hydrogens is 1400 g/mol. The van der Waals surface area contributed by atoms with Crippen molar-refractivity contribution < 1.29 is 0 Å². The van der Waals surface area contributed by atoms with Crippen molar-refractivity contribution in [2.45, 2.75) is 78.1 Å². The maximum Gasteiger partial charge on any atom is 0.166 e. The zero-order valence-electron chi connectivity index (χ0n) is 63.6. The highest BCUT2D eigenvalue weighted by molar-refractivity contribution is 7.26. The molecule has 0 radical (unpaired) electrons. The van der Waals surface area contributed by atoms with Gasteiger partial charge in [-0.1, -0.05) is 298 Å². The summed E-state index contributed by atoms with van der Waals surface area (Å²) < 4.78 is 9.91. The van der Waals surface area contributed by atoms with Crippen LogP contribution in [-0.4, -0.2) is 39.0 Å². The molecule has 0 aliphatic heterocycles. The second kappa shape index (κ2) is 26.7. The van der Waals surface area contributed by atoms with Crippen LogP contribution < -0.4 is 0 Å². The molecule has 20 aromatic rings. The van der Waals surface area contributed by atoms with E-state index in [9.17, 15) is 0 Å². The molecule has 8 nitrogen and oxygen atoms in total. The summed E-state index contributed by atoms with van der Waals surface area (Å²) in [5.74, 6) is 3.64. The molecule has 0 unspecified atom stereocenters. The van der Waals surface area contributed by atoms with Gasteiger partial charge in [-0.05, 0) is 140 Å². The molecule has 14 aromatic carbocycles. The lowest BCUT2D eigenvalue weighted by Gasteiger charge is -2.26. The molecule has 0 spiro atoms. The number of hydrogen-bond acceptors (Lipinski definition) is 8. The highest BCUT2D eigenvalue weighted by atomic mass is 32.1. The third-order valence-electron chi connectivity index (χ3n) is 22.5. The van der Waals surface area contributed by atoms with Gasteiger partial charge in [0, 0.05) is 95.3 Å². The number of hydrogen-bond donors (Lipinski definition) is 0. The van der Waals surface area contributed by atoms with Gasteiger partial charge in [-0.3, -0.25) is 0 Å². The largest absolute Gasteiger partial charge is 0.309 e. The molecule has 6 aromatic heterocycles. The second-order valence-corrected chi connectivity index (χ2v) is 34.5. The number of nitrogens with zero attached hydrogens (tertiary/aromatic N) is 8. The first-order valence-electron chi connectivity index (χ1n) is 38.5. The van der Waals surface area contributed by atoms with Crippen molar-refractivity contribution in [2.24, 2.45) is 0 Å². The molecular formula is C102H78N8S2. The van der Waals surface area contributed by atoms with Crippen LogP contribution in [-0.2, 0) is 22.7 Å². The molecule has 20 rings (SSSR count). The van der Waals surface area contributed by atoms with E-state index in [0.717, 1.165) is 89.9 Å². The van der Waals surface area contributed by atoms with Crippen molar-refractivity contribution in [3.8, 4) is 102 Å². The van der Waals surface area contributed by atoms with Crippen LogP contribution in [0.3, 0.4) is 0 Å². The number of thiophene rings is 2. The number of aromatic nitrogens is 8. The van der Waals surface area contributed by atoms with Crippen LogP contribution in [0.5, 0.6) is 0 Å². The predicted molar refractivity (Wildman–Crippen MR) is 472 cm³/mol. The van der Waals surface area contributed by atoms with E-state index in [-0.39, 0.29) is 16.2 Å². The summed E-state index contributed by atoms with van der Waals surface area (Å²) in [7, 11) is 0. The predicted octanol–water partition coefficient (Wildman–Crippen LogP) is 27.4. The van der Waals surface area contributed by atoms with Crippen molar-refractivity contribution in [1.82, 2.24) is 39.0 Å². The number of fused-ring (bicyclic) bond motifs is 12. The van der Waals surface area contributed by atoms with E-state index >= 15 is 0 Å². The third kappa shape index (κ3) is 11.9. The first-order valence-corrected chi connectivity index (χ1v) is 40.1. The van der Waals surface area contributed by atoms with Gasteiger partial charge in [-0.15, -0.1) is 22.7 Å². The van der Waals surface area contributed by atoms with Crippen LogP contribution in [0.4, 0.5) is 0 Å². The van der Waals surface area contributed by atoms with Gasteiger partial charge in [0.05, 0.1) is 33.4 Å². The molecule has 0 aliphatic rings. The SMILES string of the molecule is CC(C)(C)c1ccc2c(c1)c1ccccc1n2-c1ccc(-c2cccc3c2sc2ccc(CC(C)(C)c4ccc5c6ccc(C(C)(C)C)cc6n(-c6ccc(-c7cccc8c7sc7ccccc78)cc6-c6nc(-c7ccccc7)nc(-c7ccccc7)n6)c5c4)cc23)cc1-c1nc(-c2ccccc2)nc(-c2ccccc2)n1. The van der Waals surface area contributed by atoms with Gasteiger partial charge in [-0.25, -0.2) is 29.9 Å². The van der Waals surface area contributed by atoms with Crippen molar-refractivity contribution in [3.63, 3.8) is 0 Å². The van der Waals surface area contributed by atoms with E-state index in [1.54, 1.807) is 0 Å². The van der Waals surface area contributed by atoms with E-state index in [0.29, 0.717) is 34.9 Å². The maximum atomic E-state index is 5.51. The second-order valence-electron chi connectivity index (χ2n) is 32.4. The monoisotopic (exact) mass is 1480 g/mol. The van der Waals surface area contributed by atoms with Crippen LogP contribution in [0.2, 0.25) is 0 Å². The Morgan fingerprint density at radius 3 is 1.16 bits per heavy atom. The summed E-state index contributed by atoms with van der Waals surface area (Å²) in [6.45, 7) is 18.6. The Bertz CT molecular complexity index is 7020. The van der Waals surface area contributed by atoms with Crippen LogP contribution >= 0.6 is 22.7 Å². The van der Waals surface area contributed by atoms with Crippen molar-refractivity contribution >= 4 is 107 Å². The van der Waals surface area contributed by atoms with Crippen LogP contribution in [0.1, 0.15) is 77.6 Å². The zero-order valence-corrected chi connectivity index (χ0v) is 65.3. The van der Waals surface area contributed by atoms with Crippen molar-refractivity contribution in [2.75, 3.05) is 0 Å². The average Bonchev–Trinajstić information content (AvgIpc) is 1.56. The maximum absolute atomic E-state index is 5.51. The molecule has 538 valence electrons. The summed E-state index contributed by atoms with van der Waals surface area (Å²) in [6, 6.07) is 115. The molecule has 0 aliphatic carbocycles. The van der Waals surface area contributed by atoms with Gasteiger partial charge in [0.1, 0.15) is 0 Å². The lowest BCUT2D eigenvalue weighted by atomic mass is 9.78. The molecule has 0 atom stereocenters. The van der Waals surface area contributed by atoms with E-state index in [2.05, 4.69) is 331 Å². The lowest BCUT2D eigenvalue weighted by molar-refractivity contribution is 0.523. The topological polar surface area (TPSA) is 87.2 Å². The summed E-state index contributed by atoms with van der Waals surface area (Å²) in [6.07, 6.45) is 0.797. The Labute approximate surface area is 658 Å². The van der Waals surface area contributed by atoms with Crippen molar-refractivity contribution in [1.29, 1.82) is 0 Å². The Kier molecular flexibility index (Phi) is 16.3. The number of rotatable bonds is 13. The van der Waals surface area contributed by atoms with Gasteiger partial charge in [0.2, 0.25) is 0 Å². The molecule has 0 saturated carbocycles. The van der Waals surface area contributed by atoms with Gasteiger partial charge in [0.25, 0.3) is 0 Å². The van der Waals surface area contributed by atoms with E-state index < -0.39 is 0 Å². The van der Waals surface area contributed by atoms with Crippen LogP contribution in [0, 0.1) is 0 Å². The lowest BCUT2D eigenvalue weighted by Crippen LogP contribution is -2.20. The quantitative estimate of drug-likeness (QED) is 0.114. The molecule has 0 amide bonds. The van der Waals surface area contributed by atoms with Crippen LogP contribution in [0.15, 0.2) is 315 Å². The molecule has 10 heteroatoms. The Balaban J connectivity index is 0.728. The summed E-state index contributed by atoms with van der Waals surface area (Å²) in [4.78, 5) is 32.3. The fraction of sp³-hybridized carbons (Fsp3) is 0.118. The van der Waals surface area contributed by atoms with Gasteiger partial charge >= 0.3 is 0 Å². The summed E-state index contributed by atoms with van der Waals surface area (Å²) in [5, 5.41) is 9.75. The average molecular weight is 1480 g/mol. The smallest absolute Gasteiger partial charge is 0.166 e. The summed E-state index contributed by atoms with van der Waals surface area (Å²) in [5.41, 5.74) is 21.0. The van der Waals surface area contributed by atoms with Gasteiger partial charge in [0.15, 0.2) is 34.9 Å². The first-order chi connectivity index (χ1) is 54.5. The minimum atomic E-state index is -0.325. The van der Waals surface area contributed by atoms with Gasteiger partial charge < -0.3 is 9.13 Å². The fourth-order valence-corrected chi connectivity index (χ4v) is 19.1. The summed E-state index contributed by atoms with van der Waals surface area (Å²) >= 11 is 3.71. The first kappa shape index (κ1) is 68.4. The normalized spacial score (nSPS) is 12.3. The standard InChI is InChI=1S/C102H78N8S2/c1-100(2,3)69-48-53-85-80(58-69)74-35-21-23-41-84(74)109(85)86-51-44-68(56-82(86)98-105-94(63-27-13-9-14-28-63)103-95(106-98)64-29-15-10-16-30-64)73-38-26-40-79-81-55-62(43-54-91(81)112-93(73)79)61-102(7,8)71-47-50-76-75-49-46-70(101(4,5)6)59-88(75)110(89(76)60-71)87-52-45-67(72-37-25-39-78-77-36-22-24-42-90(77)111-92(72)78)57-83(87)99-107-96(65-31-17-11-18-32-65)104-97(108-99)66-33-19-12-20-34-66/h9-60H,61H2,1-8H3. The zero-order chi connectivity index (χ0) is 75.7. The minimum absolute atomic E-state index is 0.0381.